The Balaban J connectivity index is 2.23. The van der Waals surface area contributed by atoms with Gasteiger partial charge in [0, 0.05) is 18.8 Å². The van der Waals surface area contributed by atoms with E-state index in [0.29, 0.717) is 19.1 Å². The molecular weight excluding hydrogens is 254 g/mol. The molecule has 1 aromatic heterocycles. The summed E-state index contributed by atoms with van der Waals surface area (Å²) in [6.07, 6.45) is 7.91. The van der Waals surface area contributed by atoms with Crippen LogP contribution in [0, 0.1) is 5.92 Å². The fourth-order valence-electron chi connectivity index (χ4n) is 2.79. The van der Waals surface area contributed by atoms with Crippen LogP contribution in [0.15, 0.2) is 12.4 Å². The van der Waals surface area contributed by atoms with Gasteiger partial charge in [0.1, 0.15) is 11.4 Å². The highest BCUT2D eigenvalue weighted by Crippen LogP contribution is 2.41. The number of ether oxygens (including phenoxy) is 1. The van der Waals surface area contributed by atoms with E-state index in [1.54, 1.807) is 0 Å². The summed E-state index contributed by atoms with van der Waals surface area (Å²) in [5.41, 5.74) is -0.612. The van der Waals surface area contributed by atoms with Gasteiger partial charge in [-0.25, -0.2) is 9.78 Å². The molecule has 5 nitrogen and oxygen atoms in total. The van der Waals surface area contributed by atoms with E-state index in [2.05, 4.69) is 21.8 Å². The van der Waals surface area contributed by atoms with Crippen LogP contribution < -0.4 is 5.32 Å². The van der Waals surface area contributed by atoms with E-state index in [4.69, 9.17) is 4.74 Å². The van der Waals surface area contributed by atoms with Gasteiger partial charge in [0.25, 0.3) is 0 Å². The van der Waals surface area contributed by atoms with Crippen molar-refractivity contribution in [3.8, 4) is 0 Å². The molecule has 1 aliphatic carbocycles. The summed E-state index contributed by atoms with van der Waals surface area (Å²) in [4.78, 5) is 16.8. The monoisotopic (exact) mass is 279 g/mol. The Morgan fingerprint density at radius 1 is 1.55 bits per heavy atom. The number of rotatable bonds is 8. The van der Waals surface area contributed by atoms with Crippen LogP contribution in [0.25, 0.3) is 0 Å². The van der Waals surface area contributed by atoms with Gasteiger partial charge in [0.2, 0.25) is 0 Å². The first kappa shape index (κ1) is 15.0. The highest BCUT2D eigenvalue weighted by atomic mass is 16.5. The average Bonchev–Trinajstić information content (AvgIpc) is 3.20. The molecule has 0 saturated heterocycles. The molecule has 1 N–H and O–H groups in total. The van der Waals surface area contributed by atoms with Gasteiger partial charge in [-0.3, -0.25) is 0 Å². The highest BCUT2D eigenvalue weighted by Gasteiger charge is 2.51. The predicted octanol–water partition coefficient (Wildman–Crippen LogP) is 1.77. The van der Waals surface area contributed by atoms with Crippen molar-refractivity contribution < 1.29 is 9.53 Å². The maximum Gasteiger partial charge on any atom is 0.328 e. The molecule has 1 heterocycles. The number of aromatic nitrogens is 2. The Hall–Kier alpha value is -1.36. The van der Waals surface area contributed by atoms with Gasteiger partial charge in [0.05, 0.1) is 13.2 Å². The van der Waals surface area contributed by atoms with Gasteiger partial charge < -0.3 is 14.6 Å². The number of hydrogen-bond acceptors (Lipinski definition) is 4. The molecule has 5 heteroatoms. The van der Waals surface area contributed by atoms with Crippen molar-refractivity contribution in [1.29, 1.82) is 0 Å². The third-order valence-electron chi connectivity index (χ3n) is 4.06. The summed E-state index contributed by atoms with van der Waals surface area (Å²) in [6.45, 7) is 5.00. The topological polar surface area (TPSA) is 56.2 Å². The first-order valence-corrected chi connectivity index (χ1v) is 7.54. The van der Waals surface area contributed by atoms with Crippen LogP contribution in [0.3, 0.4) is 0 Å². The van der Waals surface area contributed by atoms with Gasteiger partial charge in [0.15, 0.2) is 0 Å². The van der Waals surface area contributed by atoms with Crippen LogP contribution in [0.2, 0.25) is 0 Å². The van der Waals surface area contributed by atoms with Crippen LogP contribution in [-0.2, 0) is 22.5 Å². The van der Waals surface area contributed by atoms with Crippen molar-refractivity contribution in [2.45, 2.75) is 51.6 Å². The molecule has 0 bridgehead atoms. The first-order chi connectivity index (χ1) is 9.67. The number of nitrogens with zero attached hydrogens (tertiary/aromatic N) is 2. The molecule has 1 unspecified atom stereocenters. The van der Waals surface area contributed by atoms with Gasteiger partial charge in [-0.05, 0) is 39.2 Å². The molecule has 2 rings (SSSR count). The Labute approximate surface area is 120 Å². The van der Waals surface area contributed by atoms with Crippen LogP contribution in [0.5, 0.6) is 0 Å². The average molecular weight is 279 g/mol. The zero-order valence-electron chi connectivity index (χ0n) is 12.7. The van der Waals surface area contributed by atoms with Gasteiger partial charge in [-0.15, -0.1) is 0 Å². The fourth-order valence-corrected chi connectivity index (χ4v) is 2.79. The minimum Gasteiger partial charge on any atom is -0.465 e. The molecule has 112 valence electrons. The van der Waals surface area contributed by atoms with E-state index in [-0.39, 0.29) is 5.97 Å². The van der Waals surface area contributed by atoms with Gasteiger partial charge in [-0.2, -0.15) is 0 Å². The Morgan fingerprint density at radius 3 is 2.85 bits per heavy atom. The van der Waals surface area contributed by atoms with Crippen molar-refractivity contribution in [3.05, 3.63) is 18.2 Å². The molecule has 1 atom stereocenters. The third-order valence-corrected chi connectivity index (χ3v) is 4.06. The summed E-state index contributed by atoms with van der Waals surface area (Å²) >= 11 is 0. The van der Waals surface area contributed by atoms with Gasteiger partial charge >= 0.3 is 5.97 Å². The minimum absolute atomic E-state index is 0.138. The second kappa shape index (κ2) is 6.39. The maximum atomic E-state index is 12.5. The molecule has 1 aromatic rings. The van der Waals surface area contributed by atoms with Crippen molar-refractivity contribution in [3.63, 3.8) is 0 Å². The summed E-state index contributed by atoms with van der Waals surface area (Å²) in [5.74, 6) is 1.27. The number of carbonyl (C=O) groups excluding carboxylic acids is 1. The molecule has 0 amide bonds. The fraction of sp³-hybridized carbons (Fsp3) is 0.733. The van der Waals surface area contributed by atoms with Crippen molar-refractivity contribution in [1.82, 2.24) is 14.9 Å². The third kappa shape index (κ3) is 2.87. The Morgan fingerprint density at radius 2 is 2.30 bits per heavy atom. The molecule has 0 aromatic carbocycles. The largest absolute Gasteiger partial charge is 0.465 e. The minimum atomic E-state index is -0.612. The number of hydrogen-bond donors (Lipinski definition) is 1. The molecular formula is C15H25N3O2. The van der Waals surface area contributed by atoms with Crippen LogP contribution in [0.4, 0.5) is 0 Å². The molecule has 20 heavy (non-hydrogen) atoms. The van der Waals surface area contributed by atoms with E-state index < -0.39 is 5.54 Å². The lowest BCUT2D eigenvalue weighted by Crippen LogP contribution is -2.56. The second-order valence-corrected chi connectivity index (χ2v) is 5.44. The zero-order chi connectivity index (χ0) is 14.6. The van der Waals surface area contributed by atoms with E-state index in [0.717, 1.165) is 31.5 Å². The van der Waals surface area contributed by atoms with Crippen LogP contribution in [-0.4, -0.2) is 34.7 Å². The SMILES string of the molecule is CCCc1nccn1CC(NC)(C(=O)OCC)C1CC1. The van der Waals surface area contributed by atoms with E-state index in [9.17, 15) is 4.79 Å². The van der Waals surface area contributed by atoms with Crippen LogP contribution >= 0.6 is 0 Å². The number of aryl methyl sites for hydroxylation is 1. The number of esters is 1. The molecule has 1 aliphatic rings. The second-order valence-electron chi connectivity index (χ2n) is 5.44. The quantitative estimate of drug-likeness (QED) is 0.737. The number of imidazole rings is 1. The smallest absolute Gasteiger partial charge is 0.328 e. The van der Waals surface area contributed by atoms with Crippen molar-refractivity contribution in [2.24, 2.45) is 5.92 Å². The highest BCUT2D eigenvalue weighted by molar-refractivity contribution is 5.81. The van der Waals surface area contributed by atoms with Crippen molar-refractivity contribution >= 4 is 5.97 Å². The lowest BCUT2D eigenvalue weighted by atomic mass is 9.93. The summed E-state index contributed by atoms with van der Waals surface area (Å²) in [7, 11) is 1.85. The molecule has 0 aliphatic heterocycles. The van der Waals surface area contributed by atoms with Crippen molar-refractivity contribution in [2.75, 3.05) is 13.7 Å². The molecule has 0 radical (unpaired) electrons. The Kier molecular flexibility index (Phi) is 4.81. The summed E-state index contributed by atoms with van der Waals surface area (Å²) in [5, 5.41) is 3.25. The van der Waals surface area contributed by atoms with E-state index in [1.165, 1.54) is 0 Å². The normalized spacial score (nSPS) is 17.8. The van der Waals surface area contributed by atoms with E-state index >= 15 is 0 Å². The lowest BCUT2D eigenvalue weighted by molar-refractivity contribution is -0.152. The Bertz CT molecular complexity index is 454. The first-order valence-electron chi connectivity index (χ1n) is 7.54. The summed E-state index contributed by atoms with van der Waals surface area (Å²) < 4.78 is 7.41. The number of carbonyl (C=O) groups is 1. The number of likely N-dealkylation sites (N-methyl/N-ethyl adjacent to an activating group) is 1. The molecule has 0 spiro atoms. The molecule has 1 saturated carbocycles. The van der Waals surface area contributed by atoms with Crippen LogP contribution in [0.1, 0.15) is 38.9 Å². The van der Waals surface area contributed by atoms with E-state index in [1.807, 2.05) is 26.4 Å². The lowest BCUT2D eigenvalue weighted by Gasteiger charge is -2.32. The predicted molar refractivity (Wildman–Crippen MR) is 77.4 cm³/mol. The standard InChI is InChI=1S/C15H25N3O2/c1-4-6-13-17-9-10-18(13)11-15(16-3,12-7-8-12)14(19)20-5-2/h9-10,12,16H,4-8,11H2,1-3H3. The maximum absolute atomic E-state index is 12.5. The summed E-state index contributed by atoms with van der Waals surface area (Å²) in [6, 6.07) is 0. The zero-order valence-corrected chi connectivity index (χ0v) is 12.7. The number of nitrogens with one attached hydrogen (secondary N) is 1. The van der Waals surface area contributed by atoms with Gasteiger partial charge in [-0.1, -0.05) is 6.92 Å². The molecule has 1 fully saturated rings.